The second-order valence-electron chi connectivity index (χ2n) is 4.33. The quantitative estimate of drug-likeness (QED) is 0.815. The van der Waals surface area contributed by atoms with Crippen LogP contribution in [0.5, 0.6) is 0 Å². The number of hydrogen-bond acceptors (Lipinski definition) is 4. The highest BCUT2D eigenvalue weighted by molar-refractivity contribution is 7.11. The average molecular weight is 255 g/mol. The van der Waals surface area contributed by atoms with Gasteiger partial charge in [0, 0.05) is 17.8 Å². The van der Waals surface area contributed by atoms with Gasteiger partial charge in [-0.15, -0.1) is 11.3 Å². The van der Waals surface area contributed by atoms with Crippen LogP contribution in [0.15, 0.2) is 0 Å². The number of aryl methyl sites for hydroxylation is 1. The molecule has 2 N–H and O–H groups in total. The number of hydrogen-bond donors (Lipinski definition) is 2. The first kappa shape index (κ1) is 14.1. The fourth-order valence-corrected chi connectivity index (χ4v) is 2.60. The van der Waals surface area contributed by atoms with E-state index in [1.54, 1.807) is 11.3 Å². The Kier molecular flexibility index (Phi) is 5.58. The first-order valence-corrected chi connectivity index (χ1v) is 6.73. The molecule has 96 valence electrons. The maximum atomic E-state index is 11.4. The topological polar surface area (TPSA) is 54.0 Å². The maximum absolute atomic E-state index is 11.4. The van der Waals surface area contributed by atoms with E-state index in [0.29, 0.717) is 25.4 Å². The van der Waals surface area contributed by atoms with E-state index in [9.17, 15) is 4.79 Å². The lowest BCUT2D eigenvalue weighted by molar-refractivity contribution is -0.121. The summed E-state index contributed by atoms with van der Waals surface area (Å²) in [6.45, 7) is 7.61. The third-order valence-corrected chi connectivity index (χ3v) is 3.45. The molecule has 1 rings (SSSR count). The van der Waals surface area contributed by atoms with Crippen molar-refractivity contribution in [3.05, 3.63) is 15.6 Å². The van der Waals surface area contributed by atoms with Gasteiger partial charge in [-0.05, 0) is 19.9 Å². The van der Waals surface area contributed by atoms with Crippen molar-refractivity contribution in [3.8, 4) is 0 Å². The Morgan fingerprint density at radius 2 is 2.18 bits per heavy atom. The second-order valence-corrected chi connectivity index (χ2v) is 5.62. The van der Waals surface area contributed by atoms with Gasteiger partial charge in [0.05, 0.1) is 12.2 Å². The molecule has 1 amide bonds. The Hall–Kier alpha value is -0.940. The van der Waals surface area contributed by atoms with Gasteiger partial charge in [0.2, 0.25) is 5.91 Å². The number of amides is 1. The van der Waals surface area contributed by atoms with Crippen LogP contribution in [0.3, 0.4) is 0 Å². The van der Waals surface area contributed by atoms with Crippen molar-refractivity contribution in [2.75, 3.05) is 13.6 Å². The van der Waals surface area contributed by atoms with E-state index in [1.807, 2.05) is 7.05 Å². The normalized spacial score (nSPS) is 10.9. The fraction of sp³-hybridized carbons (Fsp3) is 0.667. The molecule has 0 aliphatic carbocycles. The highest BCUT2D eigenvalue weighted by Crippen LogP contribution is 2.23. The molecule has 4 nitrogen and oxygen atoms in total. The van der Waals surface area contributed by atoms with Gasteiger partial charge in [-0.1, -0.05) is 13.8 Å². The number of carbonyl (C=O) groups is 1. The molecule has 0 aliphatic heterocycles. The van der Waals surface area contributed by atoms with E-state index in [0.717, 1.165) is 10.7 Å². The molecule has 1 aromatic rings. The number of carbonyl (C=O) groups excluding carboxylic acids is 1. The zero-order valence-corrected chi connectivity index (χ0v) is 11.8. The molecular weight excluding hydrogens is 234 g/mol. The molecule has 5 heteroatoms. The van der Waals surface area contributed by atoms with Crippen molar-refractivity contribution in [1.82, 2.24) is 15.6 Å². The van der Waals surface area contributed by atoms with Gasteiger partial charge in [-0.2, -0.15) is 0 Å². The molecule has 0 unspecified atom stereocenters. The second kappa shape index (κ2) is 6.71. The minimum absolute atomic E-state index is 0.0679. The maximum Gasteiger partial charge on any atom is 0.221 e. The molecule has 0 atom stereocenters. The lowest BCUT2D eigenvalue weighted by Gasteiger charge is -2.02. The molecule has 0 bridgehead atoms. The van der Waals surface area contributed by atoms with E-state index in [4.69, 9.17) is 0 Å². The van der Waals surface area contributed by atoms with Crippen LogP contribution in [-0.4, -0.2) is 24.5 Å². The monoisotopic (exact) mass is 255 g/mol. The summed E-state index contributed by atoms with van der Waals surface area (Å²) in [5.41, 5.74) is 1.15. The van der Waals surface area contributed by atoms with Gasteiger partial charge >= 0.3 is 0 Å². The lowest BCUT2D eigenvalue weighted by Crippen LogP contribution is -2.26. The van der Waals surface area contributed by atoms with Crippen molar-refractivity contribution in [1.29, 1.82) is 0 Å². The zero-order valence-electron chi connectivity index (χ0n) is 11.0. The van der Waals surface area contributed by atoms with Crippen molar-refractivity contribution in [3.63, 3.8) is 0 Å². The summed E-state index contributed by atoms with van der Waals surface area (Å²) < 4.78 is 0. The van der Waals surface area contributed by atoms with Gasteiger partial charge in [-0.3, -0.25) is 4.79 Å². The molecule has 0 spiro atoms. The van der Waals surface area contributed by atoms with Gasteiger partial charge in [0.15, 0.2) is 0 Å². The van der Waals surface area contributed by atoms with E-state index >= 15 is 0 Å². The number of nitrogens with one attached hydrogen (secondary N) is 2. The molecule has 17 heavy (non-hydrogen) atoms. The Labute approximate surface area is 107 Å². The first-order chi connectivity index (χ1) is 8.04. The molecule has 1 heterocycles. The number of nitrogens with zero attached hydrogens (tertiary/aromatic N) is 1. The molecule has 0 aliphatic rings. The van der Waals surface area contributed by atoms with Crippen LogP contribution in [0.25, 0.3) is 0 Å². The van der Waals surface area contributed by atoms with E-state index in [2.05, 4.69) is 36.4 Å². The molecule has 1 aromatic heterocycles. The highest BCUT2D eigenvalue weighted by atomic mass is 32.1. The Morgan fingerprint density at radius 3 is 2.71 bits per heavy atom. The molecule has 0 radical (unpaired) electrons. The number of thiazole rings is 1. The van der Waals surface area contributed by atoms with E-state index in [-0.39, 0.29) is 5.91 Å². The van der Waals surface area contributed by atoms with Crippen LogP contribution in [0.4, 0.5) is 0 Å². The molecule has 0 fully saturated rings. The standard InChI is InChI=1S/C12H21N3OS/c1-8(2)12-9(3)17-11(15-12)7-14-10(16)5-6-13-4/h8,13H,5-7H2,1-4H3,(H,14,16). The van der Waals surface area contributed by atoms with Crippen molar-refractivity contribution in [2.45, 2.75) is 39.7 Å². The predicted molar refractivity (Wildman–Crippen MR) is 71.3 cm³/mol. The van der Waals surface area contributed by atoms with Crippen LogP contribution in [-0.2, 0) is 11.3 Å². The molecular formula is C12H21N3OS. The Balaban J connectivity index is 2.47. The summed E-state index contributed by atoms with van der Waals surface area (Å²) in [5.74, 6) is 0.512. The Morgan fingerprint density at radius 1 is 1.47 bits per heavy atom. The predicted octanol–water partition coefficient (Wildman–Crippen LogP) is 1.80. The Bertz CT molecular complexity index is 374. The summed E-state index contributed by atoms with van der Waals surface area (Å²) in [7, 11) is 1.84. The minimum Gasteiger partial charge on any atom is -0.350 e. The lowest BCUT2D eigenvalue weighted by atomic mass is 10.1. The summed E-state index contributed by atoms with van der Waals surface area (Å²) in [6.07, 6.45) is 0.512. The van der Waals surface area contributed by atoms with Crippen LogP contribution in [0.1, 0.15) is 41.8 Å². The minimum atomic E-state index is 0.0679. The zero-order chi connectivity index (χ0) is 12.8. The van der Waals surface area contributed by atoms with E-state index < -0.39 is 0 Å². The molecule has 0 aromatic carbocycles. The van der Waals surface area contributed by atoms with Crippen LogP contribution in [0, 0.1) is 6.92 Å². The molecule has 0 saturated heterocycles. The van der Waals surface area contributed by atoms with Crippen LogP contribution < -0.4 is 10.6 Å². The van der Waals surface area contributed by atoms with Gasteiger partial charge in [0.25, 0.3) is 0 Å². The fourth-order valence-electron chi connectivity index (χ4n) is 1.58. The van der Waals surface area contributed by atoms with E-state index in [1.165, 1.54) is 4.88 Å². The smallest absolute Gasteiger partial charge is 0.221 e. The highest BCUT2D eigenvalue weighted by Gasteiger charge is 2.11. The van der Waals surface area contributed by atoms with Gasteiger partial charge in [0.1, 0.15) is 5.01 Å². The summed E-state index contributed by atoms with van der Waals surface area (Å²) in [5, 5.41) is 6.82. The first-order valence-electron chi connectivity index (χ1n) is 5.92. The van der Waals surface area contributed by atoms with Crippen LogP contribution in [0.2, 0.25) is 0 Å². The van der Waals surface area contributed by atoms with Crippen molar-refractivity contribution < 1.29 is 4.79 Å². The summed E-state index contributed by atoms with van der Waals surface area (Å²) in [4.78, 5) is 17.2. The van der Waals surface area contributed by atoms with Gasteiger partial charge < -0.3 is 10.6 Å². The number of rotatable bonds is 6. The molecule has 0 saturated carbocycles. The third kappa shape index (κ3) is 4.44. The SMILES string of the molecule is CNCCC(=O)NCc1nc(C(C)C)c(C)s1. The van der Waals surface area contributed by atoms with Crippen molar-refractivity contribution >= 4 is 17.2 Å². The average Bonchev–Trinajstić information content (AvgIpc) is 2.65. The summed E-state index contributed by atoms with van der Waals surface area (Å²) >= 11 is 1.67. The third-order valence-electron chi connectivity index (χ3n) is 2.46. The number of aromatic nitrogens is 1. The largest absolute Gasteiger partial charge is 0.350 e. The van der Waals surface area contributed by atoms with Crippen molar-refractivity contribution in [2.24, 2.45) is 0 Å². The summed E-state index contributed by atoms with van der Waals surface area (Å²) in [6, 6.07) is 0. The van der Waals surface area contributed by atoms with Crippen LogP contribution >= 0.6 is 11.3 Å². The van der Waals surface area contributed by atoms with Gasteiger partial charge in [-0.25, -0.2) is 4.98 Å².